The van der Waals surface area contributed by atoms with E-state index in [0.29, 0.717) is 0 Å². The largest absolute Gasteiger partial charge is 0.505 e. The summed E-state index contributed by atoms with van der Waals surface area (Å²) in [4.78, 5) is 0. The molecule has 0 heterocycles. The van der Waals surface area contributed by atoms with E-state index in [4.69, 9.17) is 104 Å². The van der Waals surface area contributed by atoms with Crippen molar-refractivity contribution in [3.63, 3.8) is 0 Å². The summed E-state index contributed by atoms with van der Waals surface area (Å²) in [5.74, 6) is -0.489. The van der Waals surface area contributed by atoms with E-state index in [1.807, 2.05) is 0 Å². The molecule has 3 rings (SSSR count). The van der Waals surface area contributed by atoms with Gasteiger partial charge < -0.3 is 10.2 Å². The summed E-state index contributed by atoms with van der Waals surface area (Å²) in [7, 11) is 0. The first-order chi connectivity index (χ1) is 11.4. The zero-order valence-electron chi connectivity index (χ0n) is 11.4. The van der Waals surface area contributed by atoms with Crippen molar-refractivity contribution in [2.24, 2.45) is 0 Å². The fraction of sp³-hybridized carbons (Fsp3) is 0.143. The molecule has 2 aromatic rings. The van der Waals surface area contributed by atoms with Crippen molar-refractivity contribution in [1.82, 2.24) is 0 Å². The fourth-order valence-corrected chi connectivity index (χ4v) is 5.31. The van der Waals surface area contributed by atoms with Crippen LogP contribution in [0.1, 0.15) is 11.1 Å². The molecule has 25 heavy (non-hydrogen) atoms. The van der Waals surface area contributed by atoms with Gasteiger partial charge >= 0.3 is 0 Å². The number of aliphatic hydroxyl groups is 1. The quantitative estimate of drug-likeness (QED) is 0.272. The van der Waals surface area contributed by atoms with Crippen LogP contribution >= 0.6 is 104 Å². The summed E-state index contributed by atoms with van der Waals surface area (Å²) in [6.07, 6.45) is 0. The van der Waals surface area contributed by atoms with Crippen LogP contribution in [0.4, 0.5) is 0 Å². The molecule has 0 amide bonds. The first-order valence-electron chi connectivity index (χ1n) is 6.25. The topological polar surface area (TPSA) is 40.5 Å². The predicted molar refractivity (Wildman–Crippen MR) is 109 cm³/mol. The second-order valence-electron chi connectivity index (χ2n) is 5.12. The number of phenols is 1. The molecule has 0 spiro atoms. The number of hydrogen-bond acceptors (Lipinski definition) is 2. The molecule has 0 aliphatic heterocycles. The Morgan fingerprint density at radius 1 is 0.760 bits per heavy atom. The van der Waals surface area contributed by atoms with Gasteiger partial charge in [0.15, 0.2) is 10.8 Å². The van der Waals surface area contributed by atoms with Crippen molar-refractivity contribution >= 4 is 120 Å². The van der Waals surface area contributed by atoms with Crippen molar-refractivity contribution in [2.45, 2.75) is 10.4 Å². The van der Waals surface area contributed by atoms with Crippen molar-refractivity contribution in [3.8, 4) is 5.75 Å². The lowest BCUT2D eigenvalue weighted by molar-refractivity contribution is 0.133. The minimum Gasteiger partial charge on any atom is -0.505 e. The van der Waals surface area contributed by atoms with Gasteiger partial charge in [-0.2, -0.15) is 0 Å². The molecule has 0 saturated carbocycles. The highest BCUT2D eigenvalue weighted by Gasteiger charge is 2.47. The molecule has 1 aliphatic carbocycles. The highest BCUT2D eigenvalue weighted by molar-refractivity contribution is 6.61. The number of hydrogen-bond donors (Lipinski definition) is 2. The summed E-state index contributed by atoms with van der Waals surface area (Å²) in [6, 6.07) is 0. The maximum atomic E-state index is 10.7. The molecule has 1 aliphatic rings. The number of alkyl halides is 2. The van der Waals surface area contributed by atoms with E-state index < -0.39 is 16.2 Å². The van der Waals surface area contributed by atoms with Crippen molar-refractivity contribution in [2.75, 3.05) is 0 Å². The number of aromatic hydroxyl groups is 1. The summed E-state index contributed by atoms with van der Waals surface area (Å²) < 4.78 is 0. The minimum atomic E-state index is -2.23. The number of benzene rings is 2. The number of fused-ring (bicyclic) bond motifs is 3. The standard InChI is InChI=1S/C14H3Cl9O2/c15-5-1-2-4(14(23,25)13(22)11(21)6(2)16)9(19)7(17)3(1)8(18)12(24)10(5)20/h13,24-25H. The molecule has 2 aromatic carbocycles. The molecule has 134 valence electrons. The van der Waals surface area contributed by atoms with Crippen LogP contribution in [-0.4, -0.2) is 15.6 Å². The first kappa shape index (κ1) is 20.5. The van der Waals surface area contributed by atoms with Crippen molar-refractivity contribution in [3.05, 3.63) is 41.3 Å². The normalized spacial score (nSPS) is 23.4. The molecule has 0 radical (unpaired) electrons. The van der Waals surface area contributed by atoms with E-state index in [-0.39, 0.29) is 57.1 Å². The molecule has 2 atom stereocenters. The molecule has 2 N–H and O–H groups in total. The van der Waals surface area contributed by atoms with Crippen LogP contribution in [0.15, 0.2) is 5.03 Å². The highest BCUT2D eigenvalue weighted by Crippen LogP contribution is 2.59. The molecule has 0 aromatic heterocycles. The summed E-state index contributed by atoms with van der Waals surface area (Å²) in [5, 5.41) is 16.3. The summed E-state index contributed by atoms with van der Waals surface area (Å²) >= 11 is 55.8. The van der Waals surface area contributed by atoms with Gasteiger partial charge in [0, 0.05) is 21.9 Å². The average molecular weight is 522 g/mol. The van der Waals surface area contributed by atoms with Gasteiger partial charge in [0.2, 0.25) is 0 Å². The van der Waals surface area contributed by atoms with Gasteiger partial charge in [-0.3, -0.25) is 0 Å². The zero-order chi connectivity index (χ0) is 19.0. The molecular weight excluding hydrogens is 519 g/mol. The van der Waals surface area contributed by atoms with Crippen molar-refractivity contribution < 1.29 is 10.2 Å². The molecule has 2 nitrogen and oxygen atoms in total. The molecule has 0 saturated heterocycles. The maximum Gasteiger partial charge on any atom is 0.188 e. The third kappa shape index (κ3) is 2.73. The third-order valence-corrected chi connectivity index (χ3v) is 7.89. The lowest BCUT2D eigenvalue weighted by Crippen LogP contribution is -2.35. The Bertz CT molecular complexity index is 981. The van der Waals surface area contributed by atoms with Gasteiger partial charge in [-0.1, -0.05) is 92.8 Å². The van der Waals surface area contributed by atoms with Gasteiger partial charge in [0.05, 0.1) is 30.2 Å². The van der Waals surface area contributed by atoms with Gasteiger partial charge in [-0.15, -0.1) is 11.6 Å². The van der Waals surface area contributed by atoms with Gasteiger partial charge in [0.1, 0.15) is 10.4 Å². The number of phenolic OH excluding ortho intramolecular Hbond substituents is 1. The Morgan fingerprint density at radius 3 is 1.84 bits per heavy atom. The predicted octanol–water partition coefficient (Wildman–Crippen LogP) is 7.96. The highest BCUT2D eigenvalue weighted by atomic mass is 35.5. The van der Waals surface area contributed by atoms with E-state index >= 15 is 0 Å². The van der Waals surface area contributed by atoms with Gasteiger partial charge in [0.25, 0.3) is 0 Å². The van der Waals surface area contributed by atoms with Crippen LogP contribution in [0.5, 0.6) is 5.75 Å². The maximum absolute atomic E-state index is 10.7. The number of halogens is 9. The van der Waals surface area contributed by atoms with Crippen LogP contribution in [0, 0.1) is 0 Å². The third-order valence-electron chi connectivity index (χ3n) is 3.77. The monoisotopic (exact) mass is 518 g/mol. The molecular formula is C14H3Cl9O2. The average Bonchev–Trinajstić information content (AvgIpc) is 2.56. The van der Waals surface area contributed by atoms with Crippen LogP contribution in [0.25, 0.3) is 15.8 Å². The van der Waals surface area contributed by atoms with Gasteiger partial charge in [-0.05, 0) is 0 Å². The molecule has 2 unspecified atom stereocenters. The lowest BCUT2D eigenvalue weighted by Gasteiger charge is -2.35. The summed E-state index contributed by atoms with van der Waals surface area (Å²) in [6.45, 7) is 0. The Labute approximate surface area is 186 Å². The lowest BCUT2D eigenvalue weighted by atomic mass is 9.88. The first-order valence-corrected chi connectivity index (χ1v) is 9.71. The minimum absolute atomic E-state index is 0.0646. The SMILES string of the molecule is Oc1c(Cl)c(Cl)c2c3c(c(Cl)c(Cl)c2c1Cl)C(O)(Cl)C(Cl)C(Cl)=C3Cl. The molecule has 0 fully saturated rings. The zero-order valence-corrected chi connectivity index (χ0v) is 18.2. The smallest absolute Gasteiger partial charge is 0.188 e. The Morgan fingerprint density at radius 2 is 1.28 bits per heavy atom. The second-order valence-corrected chi connectivity index (χ2v) is 8.80. The van der Waals surface area contributed by atoms with Gasteiger partial charge in [-0.25, -0.2) is 0 Å². The molecule has 11 heteroatoms. The van der Waals surface area contributed by atoms with Crippen LogP contribution in [-0.2, 0) is 5.06 Å². The summed E-state index contributed by atoms with van der Waals surface area (Å²) in [5.41, 5.74) is -0.0262. The van der Waals surface area contributed by atoms with Crippen LogP contribution in [0.3, 0.4) is 0 Å². The van der Waals surface area contributed by atoms with E-state index in [2.05, 4.69) is 0 Å². The van der Waals surface area contributed by atoms with E-state index in [1.54, 1.807) is 0 Å². The Kier molecular flexibility index (Phi) is 5.51. The Balaban J connectivity index is 2.73. The van der Waals surface area contributed by atoms with E-state index in [9.17, 15) is 10.2 Å². The molecule has 0 bridgehead atoms. The van der Waals surface area contributed by atoms with Crippen molar-refractivity contribution in [1.29, 1.82) is 0 Å². The fourth-order valence-electron chi connectivity index (χ4n) is 2.62. The second kappa shape index (κ2) is 6.70. The van der Waals surface area contributed by atoms with E-state index in [0.717, 1.165) is 0 Å². The van der Waals surface area contributed by atoms with Crippen LogP contribution in [0.2, 0.25) is 25.1 Å². The Hall–Kier alpha value is 0.810. The van der Waals surface area contributed by atoms with Crippen LogP contribution < -0.4 is 0 Å². The number of rotatable bonds is 0. The van der Waals surface area contributed by atoms with E-state index in [1.165, 1.54) is 0 Å².